The van der Waals surface area contributed by atoms with E-state index in [1.807, 2.05) is 13.8 Å². The van der Waals surface area contributed by atoms with Gasteiger partial charge < -0.3 is 14.6 Å². The third-order valence-corrected chi connectivity index (χ3v) is 3.89. The lowest BCUT2D eigenvalue weighted by molar-refractivity contribution is 0.0690. The zero-order valence-corrected chi connectivity index (χ0v) is 14.1. The molecule has 0 amide bonds. The van der Waals surface area contributed by atoms with Crippen molar-refractivity contribution in [2.45, 2.75) is 44.4 Å². The van der Waals surface area contributed by atoms with Crippen LogP contribution >= 0.6 is 0 Å². The van der Waals surface area contributed by atoms with E-state index in [1.165, 1.54) is 0 Å². The predicted octanol–water partition coefficient (Wildman–Crippen LogP) is 2.99. The zero-order chi connectivity index (χ0) is 17.5. The van der Waals surface area contributed by atoms with Crippen LogP contribution in [-0.4, -0.2) is 37.3 Å². The maximum absolute atomic E-state index is 11.4. The van der Waals surface area contributed by atoms with Crippen molar-refractivity contribution in [1.29, 1.82) is 0 Å². The van der Waals surface area contributed by atoms with E-state index in [-0.39, 0.29) is 30.3 Å². The predicted molar refractivity (Wildman–Crippen MR) is 84.0 cm³/mol. The molecule has 0 heterocycles. The second-order valence-corrected chi connectivity index (χ2v) is 6.40. The molecule has 0 fully saturated rings. The summed E-state index contributed by atoms with van der Waals surface area (Å²) in [5.74, 6) is -1.38. The Morgan fingerprint density at radius 1 is 1.09 bits per heavy atom. The van der Waals surface area contributed by atoms with Gasteiger partial charge in [-0.25, -0.2) is 4.79 Å². The van der Waals surface area contributed by atoms with Crippen molar-refractivity contribution in [3.8, 4) is 11.5 Å². The monoisotopic (exact) mass is 346 g/mol. The normalized spacial score (nSPS) is 11.3. The minimum absolute atomic E-state index is 0.00192. The van der Waals surface area contributed by atoms with Crippen LogP contribution in [0.15, 0.2) is 17.0 Å². The molecule has 23 heavy (non-hydrogen) atoms. The lowest BCUT2D eigenvalue weighted by Gasteiger charge is -2.16. The zero-order valence-electron chi connectivity index (χ0n) is 13.2. The summed E-state index contributed by atoms with van der Waals surface area (Å²) < 4.78 is 42.8. The number of hydrogen-bond donors (Lipinski definition) is 2. The van der Waals surface area contributed by atoms with Crippen LogP contribution in [-0.2, 0) is 10.1 Å². The molecule has 0 saturated carbocycles. The maximum atomic E-state index is 11.4. The van der Waals surface area contributed by atoms with Crippen molar-refractivity contribution in [1.82, 2.24) is 0 Å². The highest BCUT2D eigenvalue weighted by molar-refractivity contribution is 7.85. The first kappa shape index (κ1) is 19.2. The number of benzene rings is 1. The van der Waals surface area contributed by atoms with E-state index >= 15 is 0 Å². The van der Waals surface area contributed by atoms with Crippen molar-refractivity contribution >= 4 is 16.1 Å². The first-order valence-electron chi connectivity index (χ1n) is 7.45. The van der Waals surface area contributed by atoms with E-state index in [2.05, 4.69) is 0 Å². The fourth-order valence-electron chi connectivity index (χ4n) is 1.79. The SMILES string of the molecule is CCCCOc1cc(S(=O)(=O)O)cc(C(=O)O)c1OCCCC. The fourth-order valence-corrected chi connectivity index (χ4v) is 2.31. The van der Waals surface area contributed by atoms with Crippen molar-refractivity contribution < 1.29 is 32.3 Å². The largest absolute Gasteiger partial charge is 0.490 e. The Hall–Kier alpha value is -1.80. The van der Waals surface area contributed by atoms with Gasteiger partial charge in [0.25, 0.3) is 10.1 Å². The Kier molecular flexibility index (Phi) is 7.31. The van der Waals surface area contributed by atoms with Crippen LogP contribution < -0.4 is 9.47 Å². The number of hydrogen-bond acceptors (Lipinski definition) is 5. The summed E-state index contributed by atoms with van der Waals surface area (Å²) in [6.45, 7) is 4.49. The van der Waals surface area contributed by atoms with Crippen LogP contribution in [0, 0.1) is 0 Å². The summed E-state index contributed by atoms with van der Waals surface area (Å²) in [5, 5.41) is 9.30. The molecule has 2 N–H and O–H groups in total. The summed E-state index contributed by atoms with van der Waals surface area (Å²) in [6.07, 6.45) is 3.15. The molecular formula is C15H22O7S. The lowest BCUT2D eigenvalue weighted by Crippen LogP contribution is -2.10. The first-order chi connectivity index (χ1) is 10.8. The van der Waals surface area contributed by atoms with Crippen LogP contribution in [0.3, 0.4) is 0 Å². The molecule has 0 atom stereocenters. The Morgan fingerprint density at radius 3 is 2.13 bits per heavy atom. The molecule has 0 aliphatic rings. The van der Waals surface area contributed by atoms with E-state index in [0.29, 0.717) is 12.8 Å². The van der Waals surface area contributed by atoms with E-state index < -0.39 is 21.0 Å². The molecule has 0 radical (unpaired) electrons. The fraction of sp³-hybridized carbons (Fsp3) is 0.533. The van der Waals surface area contributed by atoms with Crippen LogP contribution in [0.2, 0.25) is 0 Å². The number of carbonyl (C=O) groups is 1. The van der Waals surface area contributed by atoms with Gasteiger partial charge >= 0.3 is 5.97 Å². The number of aromatic carboxylic acids is 1. The van der Waals surface area contributed by atoms with E-state index in [4.69, 9.17) is 9.47 Å². The number of carboxylic acids is 1. The molecule has 0 aromatic heterocycles. The Labute approximate surface area is 136 Å². The van der Waals surface area contributed by atoms with Gasteiger partial charge in [-0.05, 0) is 18.9 Å². The summed E-state index contributed by atoms with van der Waals surface area (Å²) in [4.78, 5) is 10.9. The molecule has 130 valence electrons. The van der Waals surface area contributed by atoms with Gasteiger partial charge in [0.05, 0.1) is 18.1 Å². The average Bonchev–Trinajstić information content (AvgIpc) is 2.47. The molecule has 0 bridgehead atoms. The molecule has 1 aromatic rings. The van der Waals surface area contributed by atoms with Gasteiger partial charge in [0.1, 0.15) is 5.56 Å². The van der Waals surface area contributed by atoms with Gasteiger partial charge in [0.15, 0.2) is 11.5 Å². The summed E-state index contributed by atoms with van der Waals surface area (Å²) in [6, 6.07) is 1.95. The number of rotatable bonds is 10. The van der Waals surface area contributed by atoms with Gasteiger partial charge in [-0.3, -0.25) is 4.55 Å². The van der Waals surface area contributed by atoms with Crippen LogP contribution in [0.5, 0.6) is 11.5 Å². The van der Waals surface area contributed by atoms with Crippen molar-refractivity contribution in [3.05, 3.63) is 17.7 Å². The molecule has 1 aromatic carbocycles. The minimum Gasteiger partial charge on any atom is -0.490 e. The summed E-state index contributed by atoms with van der Waals surface area (Å²) >= 11 is 0. The second-order valence-electron chi connectivity index (χ2n) is 4.98. The van der Waals surface area contributed by atoms with Crippen molar-refractivity contribution in [2.75, 3.05) is 13.2 Å². The maximum Gasteiger partial charge on any atom is 0.339 e. The van der Waals surface area contributed by atoms with E-state index in [0.717, 1.165) is 25.0 Å². The highest BCUT2D eigenvalue weighted by Gasteiger charge is 2.23. The molecule has 0 saturated heterocycles. The van der Waals surface area contributed by atoms with Gasteiger partial charge in [-0.2, -0.15) is 8.42 Å². The second kappa shape index (κ2) is 8.73. The molecule has 0 aliphatic carbocycles. The average molecular weight is 346 g/mol. The molecular weight excluding hydrogens is 324 g/mol. The van der Waals surface area contributed by atoms with Crippen molar-refractivity contribution in [3.63, 3.8) is 0 Å². The Bertz CT molecular complexity index is 637. The first-order valence-corrected chi connectivity index (χ1v) is 8.89. The highest BCUT2D eigenvalue weighted by atomic mass is 32.2. The third kappa shape index (κ3) is 5.72. The topological polar surface area (TPSA) is 110 Å². The Morgan fingerprint density at radius 2 is 1.65 bits per heavy atom. The smallest absolute Gasteiger partial charge is 0.339 e. The molecule has 8 heteroatoms. The summed E-state index contributed by atoms with van der Waals surface area (Å²) in [5.41, 5.74) is -0.359. The van der Waals surface area contributed by atoms with Gasteiger partial charge in [0.2, 0.25) is 0 Å². The number of ether oxygens (including phenoxy) is 2. The molecule has 0 unspecified atom stereocenters. The minimum atomic E-state index is -4.55. The van der Waals surface area contributed by atoms with Crippen LogP contribution in [0.25, 0.3) is 0 Å². The molecule has 0 spiro atoms. The molecule has 0 aliphatic heterocycles. The Balaban J connectivity index is 3.32. The summed E-state index contributed by atoms with van der Waals surface area (Å²) in [7, 11) is -4.55. The third-order valence-electron chi connectivity index (χ3n) is 3.06. The number of carboxylic acid groups (broad SMARTS) is 1. The van der Waals surface area contributed by atoms with Crippen LogP contribution in [0.1, 0.15) is 49.9 Å². The van der Waals surface area contributed by atoms with Crippen molar-refractivity contribution in [2.24, 2.45) is 0 Å². The molecule has 7 nitrogen and oxygen atoms in total. The number of unbranched alkanes of at least 4 members (excludes halogenated alkanes) is 2. The quantitative estimate of drug-likeness (QED) is 0.495. The van der Waals surface area contributed by atoms with Gasteiger partial charge in [-0.1, -0.05) is 26.7 Å². The van der Waals surface area contributed by atoms with Crippen LogP contribution in [0.4, 0.5) is 0 Å². The lowest BCUT2D eigenvalue weighted by atomic mass is 10.2. The van der Waals surface area contributed by atoms with E-state index in [1.54, 1.807) is 0 Å². The van der Waals surface area contributed by atoms with E-state index in [9.17, 15) is 22.9 Å². The van der Waals surface area contributed by atoms with Gasteiger partial charge in [0, 0.05) is 6.07 Å². The molecule has 1 rings (SSSR count). The van der Waals surface area contributed by atoms with Gasteiger partial charge in [-0.15, -0.1) is 0 Å². The standard InChI is InChI=1S/C15H22O7S/c1-3-5-7-21-13-10-11(23(18,19)20)9-12(15(16)17)14(13)22-8-6-4-2/h9-10H,3-8H2,1-2H3,(H,16,17)(H,18,19,20). The highest BCUT2D eigenvalue weighted by Crippen LogP contribution is 2.35.